The minimum Gasteiger partial charge on any atom is -0.489 e. The van der Waals surface area contributed by atoms with Gasteiger partial charge in [-0.1, -0.05) is 12.1 Å². The third-order valence-corrected chi connectivity index (χ3v) is 6.36. The van der Waals surface area contributed by atoms with Crippen LogP contribution in [0.15, 0.2) is 36.4 Å². The fourth-order valence-corrected chi connectivity index (χ4v) is 4.79. The summed E-state index contributed by atoms with van der Waals surface area (Å²) in [7, 11) is 0. The summed E-state index contributed by atoms with van der Waals surface area (Å²) in [5.74, 6) is 0.339. The topological polar surface area (TPSA) is 55.8 Å². The van der Waals surface area contributed by atoms with Gasteiger partial charge in [-0.15, -0.1) is 0 Å². The molecule has 4 nitrogen and oxygen atoms in total. The molecule has 3 aliphatic rings. The zero-order valence-corrected chi connectivity index (χ0v) is 15.6. The van der Waals surface area contributed by atoms with Gasteiger partial charge in [0, 0.05) is 17.5 Å². The normalized spacial score (nSPS) is 24.0. The maximum atomic E-state index is 14.1. The molecule has 1 N–H and O–H groups in total. The Morgan fingerprint density at radius 3 is 2.64 bits per heavy atom. The molecule has 0 aromatic heterocycles. The average molecular weight is 382 g/mol. The third kappa shape index (κ3) is 3.13. The highest BCUT2D eigenvalue weighted by Crippen LogP contribution is 2.48. The van der Waals surface area contributed by atoms with Crippen molar-refractivity contribution in [3.63, 3.8) is 0 Å². The van der Waals surface area contributed by atoms with Gasteiger partial charge in [0.1, 0.15) is 29.5 Å². The summed E-state index contributed by atoms with van der Waals surface area (Å²) in [6.45, 7) is 0.247. The standard InChI is InChI=1S/C23H23FO4/c24-17-9-15-12-23(7-1-2-8-23)28-21(15)16(10-17)13-27-18-5-3-14(4-6-18)19-11-20(19)22(25)26/h3-6,9-10,19-20H,1-2,7-8,11-13H2,(H,25,26). The van der Waals surface area contributed by atoms with Gasteiger partial charge in [-0.2, -0.15) is 0 Å². The molecule has 5 rings (SSSR count). The first-order valence-corrected chi connectivity index (χ1v) is 9.99. The number of aliphatic carboxylic acids is 1. The number of benzene rings is 2. The second-order valence-electron chi connectivity index (χ2n) is 8.37. The van der Waals surface area contributed by atoms with Crippen LogP contribution in [-0.4, -0.2) is 16.7 Å². The zero-order chi connectivity index (χ0) is 19.3. The highest BCUT2D eigenvalue weighted by atomic mass is 19.1. The van der Waals surface area contributed by atoms with Crippen molar-refractivity contribution in [2.24, 2.45) is 5.92 Å². The lowest BCUT2D eigenvalue weighted by Crippen LogP contribution is -2.30. The molecule has 1 heterocycles. The van der Waals surface area contributed by atoms with Gasteiger partial charge in [0.2, 0.25) is 0 Å². The van der Waals surface area contributed by atoms with E-state index in [1.54, 1.807) is 6.07 Å². The Morgan fingerprint density at radius 1 is 1.21 bits per heavy atom. The molecule has 2 aromatic rings. The third-order valence-electron chi connectivity index (χ3n) is 6.36. The van der Waals surface area contributed by atoms with Crippen LogP contribution < -0.4 is 9.47 Å². The Hall–Kier alpha value is -2.56. The van der Waals surface area contributed by atoms with Gasteiger partial charge >= 0.3 is 5.97 Å². The summed E-state index contributed by atoms with van der Waals surface area (Å²) in [5, 5.41) is 9.06. The molecule has 2 atom stereocenters. The van der Waals surface area contributed by atoms with Crippen LogP contribution in [0.25, 0.3) is 0 Å². The number of carboxylic acids is 1. The van der Waals surface area contributed by atoms with Gasteiger partial charge in [0.15, 0.2) is 0 Å². The van der Waals surface area contributed by atoms with E-state index in [0.717, 1.165) is 41.7 Å². The van der Waals surface area contributed by atoms with E-state index in [1.165, 1.54) is 18.9 Å². The molecule has 2 aliphatic carbocycles. The minimum absolute atomic E-state index is 0.106. The second kappa shape index (κ2) is 6.50. The maximum Gasteiger partial charge on any atom is 0.307 e. The first-order valence-electron chi connectivity index (χ1n) is 9.99. The minimum atomic E-state index is -0.731. The number of ether oxygens (including phenoxy) is 2. The van der Waals surface area contributed by atoms with Crippen LogP contribution in [0.3, 0.4) is 0 Å². The van der Waals surface area contributed by atoms with Crippen molar-refractivity contribution in [2.75, 3.05) is 0 Å². The number of halogens is 1. The van der Waals surface area contributed by atoms with Crippen LogP contribution in [0.4, 0.5) is 4.39 Å². The molecule has 1 aliphatic heterocycles. The van der Waals surface area contributed by atoms with Crippen LogP contribution >= 0.6 is 0 Å². The van der Waals surface area contributed by atoms with Crippen LogP contribution in [0.1, 0.15) is 54.7 Å². The van der Waals surface area contributed by atoms with Crippen molar-refractivity contribution in [3.8, 4) is 11.5 Å². The number of fused-ring (bicyclic) bond motifs is 1. The predicted octanol–water partition coefficient (Wildman–Crippen LogP) is 4.84. The van der Waals surface area contributed by atoms with Crippen molar-refractivity contribution in [1.82, 2.24) is 0 Å². The highest BCUT2D eigenvalue weighted by molar-refractivity contribution is 5.75. The molecule has 146 valence electrons. The molecule has 2 fully saturated rings. The summed E-state index contributed by atoms with van der Waals surface area (Å²) in [6, 6.07) is 10.6. The Labute approximate surface area is 163 Å². The summed E-state index contributed by atoms with van der Waals surface area (Å²) in [6.07, 6.45) is 5.88. The Kier molecular flexibility index (Phi) is 4.07. The lowest BCUT2D eigenvalue weighted by Gasteiger charge is -2.23. The molecule has 5 heteroatoms. The van der Waals surface area contributed by atoms with Crippen LogP contribution in [0.5, 0.6) is 11.5 Å². The number of hydrogen-bond acceptors (Lipinski definition) is 3. The molecule has 1 spiro atoms. The van der Waals surface area contributed by atoms with Gasteiger partial charge in [0.25, 0.3) is 0 Å². The predicted molar refractivity (Wildman–Crippen MR) is 101 cm³/mol. The maximum absolute atomic E-state index is 14.1. The fraction of sp³-hybridized carbons (Fsp3) is 0.435. The molecular formula is C23H23FO4. The van der Waals surface area contributed by atoms with Crippen molar-refractivity contribution in [2.45, 2.75) is 56.7 Å². The van der Waals surface area contributed by atoms with E-state index in [2.05, 4.69) is 0 Å². The van der Waals surface area contributed by atoms with E-state index in [4.69, 9.17) is 14.6 Å². The number of carbonyl (C=O) groups is 1. The second-order valence-corrected chi connectivity index (χ2v) is 8.37. The monoisotopic (exact) mass is 382 g/mol. The number of carboxylic acid groups (broad SMARTS) is 1. The molecule has 0 amide bonds. The van der Waals surface area contributed by atoms with Crippen molar-refractivity contribution in [3.05, 3.63) is 58.9 Å². The van der Waals surface area contributed by atoms with Crippen LogP contribution in [0.2, 0.25) is 0 Å². The molecule has 2 aromatic carbocycles. The zero-order valence-electron chi connectivity index (χ0n) is 15.6. The fourth-order valence-electron chi connectivity index (χ4n) is 4.79. The average Bonchev–Trinajstić information content (AvgIpc) is 3.24. The molecule has 0 bridgehead atoms. The highest BCUT2D eigenvalue weighted by Gasteiger charge is 2.44. The lowest BCUT2D eigenvalue weighted by atomic mass is 9.95. The molecule has 2 unspecified atom stereocenters. The Morgan fingerprint density at radius 2 is 1.96 bits per heavy atom. The van der Waals surface area contributed by atoms with Crippen molar-refractivity contribution in [1.29, 1.82) is 0 Å². The summed E-state index contributed by atoms with van der Waals surface area (Å²) in [4.78, 5) is 11.0. The van der Waals surface area contributed by atoms with E-state index in [1.807, 2.05) is 24.3 Å². The summed E-state index contributed by atoms with van der Waals surface area (Å²) >= 11 is 0. The van der Waals surface area contributed by atoms with Gasteiger partial charge in [-0.05, 0) is 67.9 Å². The van der Waals surface area contributed by atoms with Gasteiger partial charge < -0.3 is 14.6 Å². The first-order chi connectivity index (χ1) is 13.5. The van der Waals surface area contributed by atoms with Gasteiger partial charge in [-0.25, -0.2) is 4.39 Å². The van der Waals surface area contributed by atoms with Gasteiger partial charge in [0.05, 0.1) is 5.92 Å². The van der Waals surface area contributed by atoms with Gasteiger partial charge in [-0.3, -0.25) is 4.79 Å². The van der Waals surface area contributed by atoms with E-state index < -0.39 is 5.97 Å². The largest absolute Gasteiger partial charge is 0.489 e. The van der Waals surface area contributed by atoms with E-state index in [9.17, 15) is 9.18 Å². The summed E-state index contributed by atoms with van der Waals surface area (Å²) < 4.78 is 26.3. The quantitative estimate of drug-likeness (QED) is 0.804. The van der Waals surface area contributed by atoms with Crippen LogP contribution in [0, 0.1) is 11.7 Å². The molecule has 0 radical (unpaired) electrons. The molecule has 28 heavy (non-hydrogen) atoms. The first kappa shape index (κ1) is 17.5. The van der Waals surface area contributed by atoms with Crippen LogP contribution in [-0.2, 0) is 17.8 Å². The number of rotatable bonds is 5. The van der Waals surface area contributed by atoms with E-state index in [0.29, 0.717) is 12.2 Å². The van der Waals surface area contributed by atoms with E-state index in [-0.39, 0.29) is 29.9 Å². The Balaban J connectivity index is 1.28. The summed E-state index contributed by atoms with van der Waals surface area (Å²) in [5.41, 5.74) is 2.58. The smallest absolute Gasteiger partial charge is 0.307 e. The molecular weight excluding hydrogens is 359 g/mol. The lowest BCUT2D eigenvalue weighted by molar-refractivity contribution is -0.138. The SMILES string of the molecule is O=C(O)C1CC1c1ccc(OCc2cc(F)cc3c2OC2(CCCC2)C3)cc1. The Bertz CT molecular complexity index is 915. The number of hydrogen-bond donors (Lipinski definition) is 1. The molecule has 0 saturated heterocycles. The molecule has 2 saturated carbocycles. The van der Waals surface area contributed by atoms with Crippen molar-refractivity contribution < 1.29 is 23.8 Å². The van der Waals surface area contributed by atoms with Crippen molar-refractivity contribution >= 4 is 5.97 Å². The van der Waals surface area contributed by atoms with E-state index >= 15 is 0 Å².